The maximum Gasteiger partial charge on any atom is 0.379 e. The molecule has 3 heteroatoms. The van der Waals surface area contributed by atoms with E-state index in [0.717, 1.165) is 5.56 Å². The van der Waals surface area contributed by atoms with Crippen LogP contribution in [-0.4, -0.2) is 5.97 Å². The van der Waals surface area contributed by atoms with Crippen LogP contribution in [0.4, 0.5) is 0 Å². The van der Waals surface area contributed by atoms with E-state index in [2.05, 4.69) is 9.78 Å². The fourth-order valence-corrected chi connectivity index (χ4v) is 0.955. The topological polar surface area (TPSA) is 35.5 Å². The summed E-state index contributed by atoms with van der Waals surface area (Å²) in [6.07, 6.45) is -0.504. The van der Waals surface area contributed by atoms with Crippen molar-refractivity contribution in [3.63, 3.8) is 0 Å². The molecule has 11 heavy (non-hydrogen) atoms. The lowest BCUT2D eigenvalue weighted by molar-refractivity contribution is -0.365. The van der Waals surface area contributed by atoms with Gasteiger partial charge >= 0.3 is 5.97 Å². The first-order valence-corrected chi connectivity index (χ1v) is 3.30. The smallest absolute Gasteiger partial charge is 0.294 e. The normalized spacial score (nSPS) is 22.2. The molecule has 1 saturated heterocycles. The highest BCUT2D eigenvalue weighted by Crippen LogP contribution is 2.26. The van der Waals surface area contributed by atoms with Crippen LogP contribution in [0.15, 0.2) is 30.3 Å². The highest BCUT2D eigenvalue weighted by Gasteiger charge is 2.35. The molecule has 0 aromatic heterocycles. The summed E-state index contributed by atoms with van der Waals surface area (Å²) in [4.78, 5) is 19.4. The predicted octanol–water partition coefficient (Wildman–Crippen LogP) is 1.22. The van der Waals surface area contributed by atoms with Crippen molar-refractivity contribution in [2.24, 2.45) is 0 Å². The van der Waals surface area contributed by atoms with E-state index in [1.54, 1.807) is 0 Å². The fraction of sp³-hybridized carbons (Fsp3) is 0.125. The van der Waals surface area contributed by atoms with Gasteiger partial charge in [0.2, 0.25) is 6.10 Å². The van der Waals surface area contributed by atoms with Gasteiger partial charge in [-0.3, -0.25) is 4.89 Å². The Kier molecular flexibility index (Phi) is 1.36. The molecule has 1 aliphatic heterocycles. The van der Waals surface area contributed by atoms with Crippen LogP contribution < -0.4 is 0 Å². The van der Waals surface area contributed by atoms with Crippen molar-refractivity contribution in [3.8, 4) is 0 Å². The summed E-state index contributed by atoms with van der Waals surface area (Å²) in [5, 5.41) is 0. The van der Waals surface area contributed by atoms with E-state index in [1.807, 2.05) is 30.3 Å². The van der Waals surface area contributed by atoms with Crippen molar-refractivity contribution >= 4 is 5.97 Å². The van der Waals surface area contributed by atoms with Gasteiger partial charge in [-0.05, 0) is 5.56 Å². The number of carbonyl (C=O) groups is 1. The first kappa shape index (κ1) is 6.37. The summed E-state index contributed by atoms with van der Waals surface area (Å²) >= 11 is 0. The van der Waals surface area contributed by atoms with Crippen molar-refractivity contribution in [1.82, 2.24) is 0 Å². The second kappa shape index (κ2) is 2.36. The number of hydrogen-bond donors (Lipinski definition) is 0. The van der Waals surface area contributed by atoms with Gasteiger partial charge in [-0.1, -0.05) is 30.3 Å². The van der Waals surface area contributed by atoms with Crippen LogP contribution >= 0.6 is 0 Å². The standard InChI is InChI=1S/C8H6O3/c9-8-7(10-11-8)6-4-2-1-3-5-6/h1-5,7H. The second-order valence-corrected chi connectivity index (χ2v) is 2.29. The molecule has 1 unspecified atom stereocenters. The summed E-state index contributed by atoms with van der Waals surface area (Å²) < 4.78 is 0. The number of hydrogen-bond acceptors (Lipinski definition) is 3. The summed E-state index contributed by atoms with van der Waals surface area (Å²) in [6, 6.07) is 9.23. The lowest BCUT2D eigenvalue weighted by atomic mass is 10.1. The average molecular weight is 150 g/mol. The van der Waals surface area contributed by atoms with Gasteiger partial charge < -0.3 is 0 Å². The van der Waals surface area contributed by atoms with Crippen molar-refractivity contribution in [3.05, 3.63) is 35.9 Å². The van der Waals surface area contributed by atoms with Crippen LogP contribution in [0, 0.1) is 0 Å². The first-order chi connectivity index (χ1) is 5.38. The van der Waals surface area contributed by atoms with Crippen LogP contribution in [0.5, 0.6) is 0 Å². The van der Waals surface area contributed by atoms with Crippen LogP contribution in [-0.2, 0) is 14.6 Å². The Morgan fingerprint density at radius 3 is 2.36 bits per heavy atom. The molecule has 2 rings (SSSR count). The Balaban J connectivity index is 2.23. The lowest BCUT2D eigenvalue weighted by Crippen LogP contribution is -2.29. The number of rotatable bonds is 1. The number of carbonyl (C=O) groups excluding carboxylic acids is 1. The molecule has 1 fully saturated rings. The van der Waals surface area contributed by atoms with Gasteiger partial charge in [0.1, 0.15) is 0 Å². The highest BCUT2D eigenvalue weighted by molar-refractivity contribution is 5.78. The van der Waals surface area contributed by atoms with Gasteiger partial charge in [0.15, 0.2) is 0 Å². The summed E-state index contributed by atoms with van der Waals surface area (Å²) in [5.74, 6) is -0.323. The third kappa shape index (κ3) is 0.991. The summed E-state index contributed by atoms with van der Waals surface area (Å²) in [6.45, 7) is 0. The van der Waals surface area contributed by atoms with Gasteiger partial charge in [0, 0.05) is 0 Å². The predicted molar refractivity (Wildman–Crippen MR) is 36.4 cm³/mol. The molecule has 1 atom stereocenters. The van der Waals surface area contributed by atoms with Crippen LogP contribution in [0.3, 0.4) is 0 Å². The van der Waals surface area contributed by atoms with Crippen molar-refractivity contribution < 1.29 is 14.6 Å². The molecule has 0 bridgehead atoms. The van der Waals surface area contributed by atoms with Crippen LogP contribution in [0.1, 0.15) is 11.7 Å². The average Bonchev–Trinajstić information content (AvgIpc) is 2.04. The van der Waals surface area contributed by atoms with Gasteiger partial charge in [-0.25, -0.2) is 4.79 Å². The second-order valence-electron chi connectivity index (χ2n) is 2.29. The minimum atomic E-state index is -0.504. The molecule has 0 N–H and O–H groups in total. The minimum absolute atomic E-state index is 0.323. The van der Waals surface area contributed by atoms with Gasteiger partial charge in [-0.2, -0.15) is 4.89 Å². The third-order valence-electron chi connectivity index (χ3n) is 1.54. The molecule has 1 aliphatic rings. The monoisotopic (exact) mass is 150 g/mol. The third-order valence-corrected chi connectivity index (χ3v) is 1.54. The Morgan fingerprint density at radius 2 is 1.91 bits per heavy atom. The zero-order valence-electron chi connectivity index (χ0n) is 5.69. The molecule has 1 aromatic rings. The van der Waals surface area contributed by atoms with Gasteiger partial charge in [0.05, 0.1) is 0 Å². The van der Waals surface area contributed by atoms with Crippen molar-refractivity contribution in [1.29, 1.82) is 0 Å². The van der Waals surface area contributed by atoms with Gasteiger partial charge in [0.25, 0.3) is 0 Å². The lowest BCUT2D eigenvalue weighted by Gasteiger charge is -2.21. The molecular weight excluding hydrogens is 144 g/mol. The van der Waals surface area contributed by atoms with E-state index in [4.69, 9.17) is 0 Å². The zero-order chi connectivity index (χ0) is 7.68. The maximum atomic E-state index is 10.7. The maximum absolute atomic E-state index is 10.7. The quantitative estimate of drug-likeness (QED) is 0.564. The molecular formula is C8H6O3. The SMILES string of the molecule is O=C1OOC1c1ccccc1. The Morgan fingerprint density at radius 1 is 1.18 bits per heavy atom. The molecule has 0 amide bonds. The first-order valence-electron chi connectivity index (χ1n) is 3.30. The molecule has 0 aliphatic carbocycles. The van der Waals surface area contributed by atoms with Crippen LogP contribution in [0.25, 0.3) is 0 Å². The molecule has 56 valence electrons. The Labute approximate surface area is 63.5 Å². The molecule has 0 spiro atoms. The van der Waals surface area contributed by atoms with Crippen LogP contribution in [0.2, 0.25) is 0 Å². The van der Waals surface area contributed by atoms with Gasteiger partial charge in [-0.15, -0.1) is 0 Å². The summed E-state index contributed by atoms with van der Waals surface area (Å²) in [5.41, 5.74) is 0.837. The molecule has 0 radical (unpaired) electrons. The van der Waals surface area contributed by atoms with E-state index in [1.165, 1.54) is 0 Å². The molecule has 3 nitrogen and oxygen atoms in total. The van der Waals surface area contributed by atoms with Crippen molar-refractivity contribution in [2.45, 2.75) is 6.10 Å². The Hall–Kier alpha value is -1.35. The van der Waals surface area contributed by atoms with E-state index in [-0.39, 0.29) is 5.97 Å². The Bertz CT molecular complexity index is 268. The summed E-state index contributed by atoms with van der Waals surface area (Å²) in [7, 11) is 0. The molecule has 0 saturated carbocycles. The molecule has 1 aromatic carbocycles. The van der Waals surface area contributed by atoms with E-state index in [0.29, 0.717) is 0 Å². The van der Waals surface area contributed by atoms with Crippen molar-refractivity contribution in [2.75, 3.05) is 0 Å². The minimum Gasteiger partial charge on any atom is -0.294 e. The largest absolute Gasteiger partial charge is 0.379 e. The highest BCUT2D eigenvalue weighted by atomic mass is 17.3. The zero-order valence-corrected chi connectivity index (χ0v) is 5.69. The fourth-order valence-electron chi connectivity index (χ4n) is 0.955. The van der Waals surface area contributed by atoms with E-state index >= 15 is 0 Å². The van der Waals surface area contributed by atoms with E-state index < -0.39 is 6.10 Å². The van der Waals surface area contributed by atoms with E-state index in [9.17, 15) is 4.79 Å². The number of benzene rings is 1. The molecule has 1 heterocycles.